The molecule has 0 aromatic carbocycles. The molecule has 2 aromatic heterocycles. The zero-order chi connectivity index (χ0) is 29.9. The molecule has 0 unspecified atom stereocenters. The van der Waals surface area contributed by atoms with Crippen LogP contribution in [0.4, 0.5) is 18.3 Å². The maximum absolute atomic E-state index is 13.0. The lowest BCUT2D eigenvalue weighted by molar-refractivity contribution is -0.719. The van der Waals surface area contributed by atoms with Gasteiger partial charge in [0.2, 0.25) is 13.2 Å². The zero-order valence-electron chi connectivity index (χ0n) is 20.5. The highest BCUT2D eigenvalue weighted by molar-refractivity contribution is 8.01. The minimum atomic E-state index is -4.37. The van der Waals surface area contributed by atoms with Gasteiger partial charge < -0.3 is 26.1 Å². The first-order chi connectivity index (χ1) is 19.3. The number of amides is 2. The number of carboxylic acids is 2. The largest absolute Gasteiger partial charge is 0.479 e. The molecule has 1 saturated heterocycles. The first kappa shape index (κ1) is 30.1. The van der Waals surface area contributed by atoms with Gasteiger partial charge in [0.1, 0.15) is 22.8 Å². The van der Waals surface area contributed by atoms with Crippen molar-refractivity contribution in [3.05, 3.63) is 46.9 Å². The predicted octanol–water partition coefficient (Wildman–Crippen LogP) is 0.911. The molecule has 0 radical (unpaired) electrons. The summed E-state index contributed by atoms with van der Waals surface area (Å²) < 4.78 is 38.7. The van der Waals surface area contributed by atoms with Crippen molar-refractivity contribution in [2.24, 2.45) is 5.16 Å². The molecular formula is C22H20F3N6O7S3+. The Balaban J connectivity index is 1.45. The van der Waals surface area contributed by atoms with Crippen LogP contribution in [0.2, 0.25) is 0 Å². The number of aromatic nitrogens is 2. The third-order valence-electron chi connectivity index (χ3n) is 5.50. The van der Waals surface area contributed by atoms with Crippen LogP contribution >= 0.6 is 34.9 Å². The average Bonchev–Trinajstić information content (AvgIpc) is 3.33. The molecule has 13 nitrogen and oxygen atoms in total. The smallest absolute Gasteiger partial charge is 0.448 e. The van der Waals surface area contributed by atoms with Gasteiger partial charge in [-0.1, -0.05) is 5.16 Å². The van der Waals surface area contributed by atoms with Crippen molar-refractivity contribution in [3.8, 4) is 0 Å². The lowest BCUT2D eigenvalue weighted by Crippen LogP contribution is -2.71. The van der Waals surface area contributed by atoms with Gasteiger partial charge in [-0.3, -0.25) is 14.5 Å². The maximum atomic E-state index is 13.0. The van der Waals surface area contributed by atoms with E-state index in [1.54, 1.807) is 0 Å². The molecule has 41 heavy (non-hydrogen) atoms. The number of thioether (sulfide) groups is 2. The molecular weight excluding hydrogens is 613 g/mol. The summed E-state index contributed by atoms with van der Waals surface area (Å²) in [6.07, 6.45) is -1.83. The Kier molecular flexibility index (Phi) is 9.08. The van der Waals surface area contributed by atoms with E-state index in [9.17, 15) is 37.5 Å². The van der Waals surface area contributed by atoms with E-state index in [0.717, 1.165) is 20.8 Å². The molecule has 4 heterocycles. The van der Waals surface area contributed by atoms with E-state index in [1.165, 1.54) is 53.4 Å². The first-order valence-corrected chi connectivity index (χ1v) is 14.3. The number of carbonyl (C=O) groups is 4. The second-order valence-corrected chi connectivity index (χ2v) is 11.4. The molecule has 218 valence electrons. The van der Waals surface area contributed by atoms with Crippen LogP contribution in [0.3, 0.4) is 0 Å². The maximum Gasteiger partial charge on any atom is 0.448 e. The van der Waals surface area contributed by atoms with Gasteiger partial charge in [-0.2, -0.15) is 17.7 Å². The number of fused-ring (bicyclic) bond motifs is 1. The van der Waals surface area contributed by atoms with Gasteiger partial charge in [0.25, 0.3) is 11.8 Å². The molecule has 2 amide bonds. The van der Waals surface area contributed by atoms with Crippen LogP contribution in [-0.2, 0) is 30.6 Å². The number of nitrogens with two attached hydrogens (primary N) is 1. The minimum Gasteiger partial charge on any atom is -0.479 e. The summed E-state index contributed by atoms with van der Waals surface area (Å²) in [5.74, 6) is -3.91. The summed E-state index contributed by atoms with van der Waals surface area (Å²) >= 11 is 3.41. The van der Waals surface area contributed by atoms with E-state index in [1.807, 2.05) is 0 Å². The van der Waals surface area contributed by atoms with Gasteiger partial charge in [0.15, 0.2) is 23.2 Å². The highest BCUT2D eigenvalue weighted by Gasteiger charge is 2.54. The Morgan fingerprint density at radius 2 is 2.00 bits per heavy atom. The standard InChI is InChI=1S/C22H19F3N6O7S3/c23-22(24,25)9-30-3-1-11(2-4-30)39-6-10-7-40-19-15(18(35)31(19)16(10)20(36)37)28-17(34)14(29-38-5-13(32)33)12-8-41-21(26)27-12/h1-4,8,15,19H,5-7,9H2,(H4-,26,27,28,32,33,34,36,37)/p+1/b29-14-/t15-,19-/m1/s1. The van der Waals surface area contributed by atoms with Crippen molar-refractivity contribution in [2.75, 3.05) is 23.8 Å². The number of anilines is 1. The van der Waals surface area contributed by atoms with E-state index >= 15 is 0 Å². The van der Waals surface area contributed by atoms with Gasteiger partial charge in [0.05, 0.1) is 0 Å². The topological polar surface area (TPSA) is 188 Å². The molecule has 5 N–H and O–H groups in total. The third-order valence-corrected chi connectivity index (χ3v) is 8.61. The summed E-state index contributed by atoms with van der Waals surface area (Å²) in [6.45, 7) is -1.98. The van der Waals surface area contributed by atoms with Crippen LogP contribution in [0, 0.1) is 0 Å². The summed E-state index contributed by atoms with van der Waals surface area (Å²) in [6, 6.07) is 1.84. The third kappa shape index (κ3) is 7.27. The number of carbonyl (C=O) groups excluding carboxylic acids is 2. The highest BCUT2D eigenvalue weighted by Crippen LogP contribution is 2.41. The monoisotopic (exact) mass is 633 g/mol. The van der Waals surface area contributed by atoms with E-state index in [-0.39, 0.29) is 28.0 Å². The summed E-state index contributed by atoms with van der Waals surface area (Å²) in [7, 11) is 0. The van der Waals surface area contributed by atoms with Crippen molar-refractivity contribution in [2.45, 2.75) is 29.0 Å². The number of oxime groups is 1. The molecule has 19 heteroatoms. The van der Waals surface area contributed by atoms with Crippen LogP contribution in [0.1, 0.15) is 5.69 Å². The molecule has 0 aliphatic carbocycles. The zero-order valence-corrected chi connectivity index (χ0v) is 23.0. The molecule has 2 aliphatic rings. The normalized spacial score (nSPS) is 19.0. The Labute approximate surface area is 241 Å². The van der Waals surface area contributed by atoms with E-state index in [2.05, 4.69) is 20.3 Å². The number of rotatable bonds is 11. The Morgan fingerprint density at radius 3 is 2.59 bits per heavy atom. The molecule has 2 aliphatic heterocycles. The lowest BCUT2D eigenvalue weighted by atomic mass is 10.0. The summed E-state index contributed by atoms with van der Waals surface area (Å²) in [5.41, 5.74) is 5.37. The minimum absolute atomic E-state index is 0.00872. The first-order valence-electron chi connectivity index (χ1n) is 11.4. The number of β-lactam (4-membered cyclic amide) rings is 1. The summed E-state index contributed by atoms with van der Waals surface area (Å²) in [4.78, 5) is 59.1. The van der Waals surface area contributed by atoms with Crippen molar-refractivity contribution in [3.63, 3.8) is 0 Å². The molecule has 0 spiro atoms. The Morgan fingerprint density at radius 1 is 1.29 bits per heavy atom. The molecule has 2 aromatic rings. The number of thiazole rings is 1. The highest BCUT2D eigenvalue weighted by atomic mass is 32.2. The van der Waals surface area contributed by atoms with Gasteiger partial charge in [-0.25, -0.2) is 14.6 Å². The van der Waals surface area contributed by atoms with Crippen LogP contribution in [0.15, 0.2) is 51.2 Å². The van der Waals surface area contributed by atoms with E-state index in [4.69, 9.17) is 10.8 Å². The number of carboxylic acid groups (broad SMARTS) is 2. The van der Waals surface area contributed by atoms with Gasteiger partial charge in [-0.05, 0) is 5.57 Å². The number of aliphatic carboxylic acids is 2. The van der Waals surface area contributed by atoms with Gasteiger partial charge in [-0.15, -0.1) is 34.9 Å². The molecule has 1 fully saturated rings. The number of nitrogen functional groups attached to an aromatic ring is 1. The SMILES string of the molecule is Nc1nc(/C(=N/OCC(=O)O)C(=O)N[C@@H]2C(=O)N3C(C(=O)O)=C(CSc4cc[n+](CC(F)(F)F)cc4)CS[C@H]23)cs1. The van der Waals surface area contributed by atoms with Crippen molar-refractivity contribution in [1.82, 2.24) is 15.2 Å². The quantitative estimate of drug-likeness (QED) is 0.0905. The van der Waals surface area contributed by atoms with Gasteiger partial charge in [0, 0.05) is 33.9 Å². The number of nitrogens with one attached hydrogen (secondary N) is 1. The fraction of sp³-hybridized carbons (Fsp3) is 0.318. The van der Waals surface area contributed by atoms with Crippen LogP contribution in [0.25, 0.3) is 0 Å². The number of hydrogen-bond acceptors (Lipinski definition) is 11. The van der Waals surface area contributed by atoms with Crippen molar-refractivity contribution >= 4 is 69.5 Å². The van der Waals surface area contributed by atoms with Crippen LogP contribution in [0.5, 0.6) is 0 Å². The number of alkyl halides is 3. The molecule has 4 rings (SSSR count). The Bertz CT molecular complexity index is 1430. The number of pyridine rings is 1. The van der Waals surface area contributed by atoms with Crippen LogP contribution < -0.4 is 15.6 Å². The fourth-order valence-corrected chi connectivity index (χ4v) is 6.70. The second kappa shape index (κ2) is 12.4. The number of nitrogens with zero attached hydrogens (tertiary/aromatic N) is 4. The average molecular weight is 634 g/mol. The van der Waals surface area contributed by atoms with Crippen molar-refractivity contribution < 1.29 is 52.0 Å². The number of halogens is 3. The molecule has 2 atom stereocenters. The summed E-state index contributed by atoms with van der Waals surface area (Å²) in [5, 5.41) is 25.4. The second-order valence-electron chi connectivity index (χ2n) is 8.41. The fourth-order valence-electron chi connectivity index (χ4n) is 3.78. The predicted molar refractivity (Wildman–Crippen MR) is 140 cm³/mol. The van der Waals surface area contributed by atoms with Gasteiger partial charge >= 0.3 is 18.1 Å². The Hall–Kier alpha value is -3.84. The van der Waals surface area contributed by atoms with Crippen molar-refractivity contribution in [1.29, 1.82) is 0 Å². The van der Waals surface area contributed by atoms with Crippen LogP contribution in [-0.4, -0.2) is 85.3 Å². The van der Waals surface area contributed by atoms with E-state index in [0.29, 0.717) is 10.5 Å². The van der Waals surface area contributed by atoms with E-state index < -0.39 is 60.2 Å². The molecule has 0 saturated carbocycles. The number of hydrogen-bond donors (Lipinski definition) is 4. The molecule has 0 bridgehead atoms. The lowest BCUT2D eigenvalue weighted by Gasteiger charge is -2.49.